The molecule has 0 saturated heterocycles. The molecule has 2 atom stereocenters. The minimum Gasteiger partial charge on any atom is -0.388 e. The smallest absolute Gasteiger partial charge is 0.388 e. The Kier molecular flexibility index (Phi) is 6.17. The summed E-state index contributed by atoms with van der Waals surface area (Å²) in [7, 11) is 0. The van der Waals surface area contributed by atoms with Crippen LogP contribution in [0, 0.1) is 5.41 Å². The maximum absolute atomic E-state index is 13.2. The van der Waals surface area contributed by atoms with Crippen LogP contribution in [0.2, 0.25) is 0 Å². The van der Waals surface area contributed by atoms with Crippen LogP contribution in [0.5, 0.6) is 0 Å². The summed E-state index contributed by atoms with van der Waals surface area (Å²) in [6, 6.07) is 5.34. The molecule has 0 radical (unpaired) electrons. The van der Waals surface area contributed by atoms with Gasteiger partial charge in [-0.3, -0.25) is 4.98 Å². The largest absolute Gasteiger partial charge is 0.416 e. The topological polar surface area (TPSA) is 42.4 Å². The van der Waals surface area contributed by atoms with Crippen molar-refractivity contribution in [1.82, 2.24) is 4.98 Å². The van der Waals surface area contributed by atoms with Gasteiger partial charge in [0.15, 0.2) is 0 Å². The van der Waals surface area contributed by atoms with Gasteiger partial charge in [0.2, 0.25) is 0 Å². The van der Waals surface area contributed by atoms with E-state index in [1.807, 2.05) is 0 Å². The molecule has 0 unspecified atom stereocenters. The van der Waals surface area contributed by atoms with Crippen LogP contribution >= 0.6 is 0 Å². The van der Waals surface area contributed by atoms with E-state index < -0.39 is 29.5 Å². The molecule has 1 N–H and O–H groups in total. The van der Waals surface area contributed by atoms with E-state index in [0.29, 0.717) is 12.0 Å². The summed E-state index contributed by atoms with van der Waals surface area (Å²) in [6.07, 6.45) is -0.202. The van der Waals surface area contributed by atoms with Crippen molar-refractivity contribution in [2.24, 2.45) is 5.41 Å². The number of hydrogen-bond acceptors (Lipinski definition) is 3. The number of aliphatic hydroxyl groups excluding tert-OH is 1. The summed E-state index contributed by atoms with van der Waals surface area (Å²) in [5.74, 6) is 0.128. The van der Waals surface area contributed by atoms with Crippen molar-refractivity contribution in [2.45, 2.75) is 104 Å². The van der Waals surface area contributed by atoms with Gasteiger partial charge in [-0.1, -0.05) is 60.1 Å². The van der Waals surface area contributed by atoms with Gasteiger partial charge in [-0.2, -0.15) is 13.2 Å². The van der Waals surface area contributed by atoms with Crippen molar-refractivity contribution in [3.63, 3.8) is 0 Å². The van der Waals surface area contributed by atoms with E-state index >= 15 is 0 Å². The Morgan fingerprint density at radius 2 is 1.68 bits per heavy atom. The average molecular weight is 476 g/mol. The number of benzene rings is 1. The minimum atomic E-state index is -4.37. The van der Waals surface area contributed by atoms with Gasteiger partial charge in [0.25, 0.3) is 0 Å². The van der Waals surface area contributed by atoms with E-state index in [1.165, 1.54) is 12.1 Å². The van der Waals surface area contributed by atoms with E-state index in [0.717, 1.165) is 72.3 Å². The molecule has 1 aromatic carbocycles. The first-order chi connectivity index (χ1) is 15.4. The summed E-state index contributed by atoms with van der Waals surface area (Å²) in [4.78, 5) is 5.10. The molecule has 186 valence electrons. The fraction of sp³-hybridized carbons (Fsp3) is 0.607. The third kappa shape index (κ3) is 3.97. The summed E-state index contributed by atoms with van der Waals surface area (Å²) in [5.41, 5.74) is 4.40. The summed E-state index contributed by atoms with van der Waals surface area (Å²) >= 11 is 0. The zero-order chi connectivity index (χ0) is 23.8. The molecule has 5 rings (SSSR count). The van der Waals surface area contributed by atoms with Crippen molar-refractivity contribution in [2.75, 3.05) is 0 Å². The predicted octanol–water partition coefficient (Wildman–Crippen LogP) is 7.75. The van der Waals surface area contributed by atoms with E-state index in [4.69, 9.17) is 9.72 Å². The highest BCUT2D eigenvalue weighted by molar-refractivity contribution is 5.54. The first-order valence-corrected chi connectivity index (χ1v) is 12.0. The van der Waals surface area contributed by atoms with Crippen LogP contribution in [0.4, 0.5) is 13.2 Å². The number of halogens is 3. The van der Waals surface area contributed by atoms with Gasteiger partial charge in [0.1, 0.15) is 6.10 Å². The first-order valence-electron chi connectivity index (χ1n) is 12.0. The number of alkyl halides is 3. The van der Waals surface area contributed by atoms with Crippen LogP contribution in [-0.4, -0.2) is 10.1 Å². The van der Waals surface area contributed by atoms with Gasteiger partial charge in [0, 0.05) is 22.5 Å². The third-order valence-electron chi connectivity index (χ3n) is 7.67. The lowest BCUT2D eigenvalue weighted by Gasteiger charge is -2.38. The van der Waals surface area contributed by atoms with Crippen molar-refractivity contribution in [1.29, 1.82) is 0 Å². The Hall–Kier alpha value is -1.92. The molecule has 2 aromatic rings. The van der Waals surface area contributed by atoms with E-state index in [9.17, 15) is 18.3 Å². The van der Waals surface area contributed by atoms with Crippen molar-refractivity contribution in [3.05, 3.63) is 63.5 Å². The number of aromatic nitrogens is 1. The van der Waals surface area contributed by atoms with Crippen LogP contribution in [-0.2, 0) is 22.9 Å². The lowest BCUT2D eigenvalue weighted by atomic mass is 9.70. The predicted molar refractivity (Wildman–Crippen MR) is 127 cm³/mol. The number of aliphatic hydroxyl groups is 1. The SMILES string of the molecule is C.CC(C)c1nc2c(c3c1[C@H](c1ccc(C(F)(F)F)cc1)OC31CCCC1)[C@@H](O)CC(C)(C)C2. The maximum atomic E-state index is 13.2. The van der Waals surface area contributed by atoms with Crippen LogP contribution in [0.1, 0.15) is 125 Å². The number of fused-ring (bicyclic) bond motifs is 4. The zero-order valence-corrected chi connectivity index (χ0v) is 19.7. The third-order valence-corrected chi connectivity index (χ3v) is 7.67. The summed E-state index contributed by atoms with van der Waals surface area (Å²) < 4.78 is 46.3. The molecular formula is C28H36F3NO2. The lowest BCUT2D eigenvalue weighted by Crippen LogP contribution is -2.32. The van der Waals surface area contributed by atoms with E-state index in [2.05, 4.69) is 27.7 Å². The van der Waals surface area contributed by atoms with Gasteiger partial charge < -0.3 is 9.84 Å². The van der Waals surface area contributed by atoms with Crippen LogP contribution < -0.4 is 0 Å². The maximum Gasteiger partial charge on any atom is 0.416 e. The standard InChI is InChI=1S/C27H32F3NO2.CH4/c1-15(2)23-21-22(20-18(31-23)13-25(3,4)14-19(20)32)26(11-5-6-12-26)33-24(21)16-7-9-17(10-8-16)27(28,29)30;/h7-10,15,19,24,32H,5-6,11-14H2,1-4H3;1H4/t19-,24-;/m0./s1. The number of hydrogen-bond donors (Lipinski definition) is 1. The summed E-state index contributed by atoms with van der Waals surface area (Å²) in [5, 5.41) is 11.3. The average Bonchev–Trinajstić information content (AvgIpc) is 3.31. The van der Waals surface area contributed by atoms with Crippen LogP contribution in [0.3, 0.4) is 0 Å². The molecule has 1 aromatic heterocycles. The van der Waals surface area contributed by atoms with Crippen molar-refractivity contribution in [3.8, 4) is 0 Å². The molecule has 2 aliphatic carbocycles. The highest BCUT2D eigenvalue weighted by Crippen LogP contribution is 2.59. The van der Waals surface area contributed by atoms with Crippen LogP contribution in [0.25, 0.3) is 0 Å². The normalized spacial score (nSPS) is 24.7. The molecule has 3 nitrogen and oxygen atoms in total. The Balaban J connectivity index is 0.00000274. The fourth-order valence-corrected chi connectivity index (χ4v) is 6.26. The molecule has 0 amide bonds. The highest BCUT2D eigenvalue weighted by atomic mass is 19.4. The Bertz CT molecular complexity index is 1070. The molecule has 1 fully saturated rings. The molecule has 1 saturated carbocycles. The molecule has 34 heavy (non-hydrogen) atoms. The van der Waals surface area contributed by atoms with Gasteiger partial charge >= 0.3 is 6.18 Å². The molecule has 0 bridgehead atoms. The summed E-state index contributed by atoms with van der Waals surface area (Å²) in [6.45, 7) is 8.53. The fourth-order valence-electron chi connectivity index (χ4n) is 6.26. The monoisotopic (exact) mass is 475 g/mol. The Morgan fingerprint density at radius 3 is 2.24 bits per heavy atom. The van der Waals surface area contributed by atoms with Gasteiger partial charge in [-0.05, 0) is 60.3 Å². The minimum absolute atomic E-state index is 0. The first kappa shape index (κ1) is 25.2. The van der Waals surface area contributed by atoms with Crippen molar-refractivity contribution < 1.29 is 23.0 Å². The van der Waals surface area contributed by atoms with Gasteiger partial charge in [0.05, 0.1) is 17.3 Å². The number of ether oxygens (including phenoxy) is 1. The van der Waals surface area contributed by atoms with Gasteiger partial charge in [-0.15, -0.1) is 0 Å². The molecule has 6 heteroatoms. The Labute approximate surface area is 200 Å². The van der Waals surface area contributed by atoms with Crippen LogP contribution in [0.15, 0.2) is 24.3 Å². The lowest BCUT2D eigenvalue weighted by molar-refractivity contribution is -0.137. The second-order valence-corrected chi connectivity index (χ2v) is 11.2. The number of pyridine rings is 1. The zero-order valence-electron chi connectivity index (χ0n) is 19.7. The second-order valence-electron chi connectivity index (χ2n) is 11.2. The molecule has 1 aliphatic heterocycles. The van der Waals surface area contributed by atoms with E-state index in [-0.39, 0.29) is 18.8 Å². The number of nitrogens with zero attached hydrogens (tertiary/aromatic N) is 1. The van der Waals surface area contributed by atoms with Crippen molar-refractivity contribution >= 4 is 0 Å². The van der Waals surface area contributed by atoms with Gasteiger partial charge in [-0.25, -0.2) is 0 Å². The second kappa shape index (κ2) is 8.34. The van der Waals surface area contributed by atoms with E-state index in [1.54, 1.807) is 0 Å². The molecule has 2 heterocycles. The Morgan fingerprint density at radius 1 is 1.06 bits per heavy atom. The number of rotatable bonds is 2. The molecule has 3 aliphatic rings. The molecular weight excluding hydrogens is 439 g/mol. The quantitative estimate of drug-likeness (QED) is 0.483. The molecule has 1 spiro atoms. The highest BCUT2D eigenvalue weighted by Gasteiger charge is 2.52.